The molecule has 0 aromatic rings. The van der Waals surface area contributed by atoms with Crippen molar-refractivity contribution in [3.8, 4) is 0 Å². The van der Waals surface area contributed by atoms with Gasteiger partial charge in [-0.25, -0.2) is 4.79 Å². The Hall–Kier alpha value is -1.10. The van der Waals surface area contributed by atoms with Crippen molar-refractivity contribution >= 4 is 11.9 Å². The van der Waals surface area contributed by atoms with Crippen molar-refractivity contribution < 1.29 is 14.3 Å². The van der Waals surface area contributed by atoms with Gasteiger partial charge in [-0.05, 0) is 39.2 Å². The molecule has 2 heterocycles. The number of amides is 1. The van der Waals surface area contributed by atoms with Crippen molar-refractivity contribution in [3.63, 3.8) is 0 Å². The molecule has 2 fully saturated rings. The minimum absolute atomic E-state index is 0.00371. The van der Waals surface area contributed by atoms with Crippen molar-refractivity contribution in [1.29, 1.82) is 0 Å². The van der Waals surface area contributed by atoms with Crippen LogP contribution in [-0.2, 0) is 14.3 Å². The number of carbonyl (C=O) groups is 2. The van der Waals surface area contributed by atoms with Gasteiger partial charge < -0.3 is 15.0 Å². The number of nitrogens with zero attached hydrogens (tertiary/aromatic N) is 1. The van der Waals surface area contributed by atoms with Crippen LogP contribution < -0.4 is 5.32 Å². The molecule has 2 rings (SSSR count). The first-order valence-electron chi connectivity index (χ1n) is 6.77. The maximum absolute atomic E-state index is 12.5. The molecular weight excluding hydrogens is 232 g/mol. The highest BCUT2D eigenvalue weighted by Gasteiger charge is 2.39. The fraction of sp³-hybridized carbons (Fsp3) is 0.846. The molecule has 3 atom stereocenters. The van der Waals surface area contributed by atoms with E-state index in [0.717, 1.165) is 32.2 Å². The van der Waals surface area contributed by atoms with Gasteiger partial charge in [0.2, 0.25) is 5.91 Å². The molecule has 2 saturated heterocycles. The van der Waals surface area contributed by atoms with Crippen LogP contribution in [0, 0.1) is 5.92 Å². The van der Waals surface area contributed by atoms with E-state index < -0.39 is 0 Å². The molecule has 0 unspecified atom stereocenters. The number of carbonyl (C=O) groups excluding carboxylic acids is 2. The smallest absolute Gasteiger partial charge is 0.328 e. The SMILES string of the molecule is COC(=O)[C@@H]1CCCN1C(=O)[C@@H]1CCCN[C@H]1C. The molecule has 0 aromatic carbocycles. The fourth-order valence-electron chi connectivity index (χ4n) is 3.01. The lowest BCUT2D eigenvalue weighted by atomic mass is 9.90. The number of hydrogen-bond donors (Lipinski definition) is 1. The monoisotopic (exact) mass is 254 g/mol. The van der Waals surface area contributed by atoms with Crippen LogP contribution >= 0.6 is 0 Å². The van der Waals surface area contributed by atoms with Crippen molar-refractivity contribution in [1.82, 2.24) is 10.2 Å². The van der Waals surface area contributed by atoms with Crippen LogP contribution in [-0.4, -0.2) is 49.1 Å². The lowest BCUT2D eigenvalue weighted by Crippen LogP contribution is -2.51. The summed E-state index contributed by atoms with van der Waals surface area (Å²) in [6, 6.07) is -0.165. The molecule has 2 aliphatic heterocycles. The summed E-state index contributed by atoms with van der Waals surface area (Å²) in [5.74, 6) is -0.163. The lowest BCUT2D eigenvalue weighted by molar-refractivity contribution is -0.153. The van der Waals surface area contributed by atoms with Crippen LogP contribution in [0.1, 0.15) is 32.6 Å². The highest BCUT2D eigenvalue weighted by molar-refractivity contribution is 5.86. The van der Waals surface area contributed by atoms with Crippen LogP contribution in [0.2, 0.25) is 0 Å². The third-order valence-corrected chi connectivity index (χ3v) is 4.09. The first-order valence-corrected chi connectivity index (χ1v) is 6.77. The largest absolute Gasteiger partial charge is 0.467 e. The minimum atomic E-state index is -0.364. The predicted molar refractivity (Wildman–Crippen MR) is 66.9 cm³/mol. The summed E-state index contributed by atoms with van der Waals surface area (Å²) in [5.41, 5.74) is 0. The average molecular weight is 254 g/mol. The van der Waals surface area contributed by atoms with Crippen LogP contribution in [0.4, 0.5) is 0 Å². The minimum Gasteiger partial charge on any atom is -0.467 e. The molecule has 5 heteroatoms. The zero-order chi connectivity index (χ0) is 13.1. The Bertz CT molecular complexity index is 332. The first kappa shape index (κ1) is 13.3. The van der Waals surface area contributed by atoms with E-state index in [-0.39, 0.29) is 29.9 Å². The summed E-state index contributed by atoms with van der Waals surface area (Å²) >= 11 is 0. The summed E-state index contributed by atoms with van der Waals surface area (Å²) in [6.07, 6.45) is 3.56. The Kier molecular flexibility index (Phi) is 4.22. The highest BCUT2D eigenvalue weighted by atomic mass is 16.5. The Balaban J connectivity index is 2.05. The average Bonchev–Trinajstić information content (AvgIpc) is 2.86. The van der Waals surface area contributed by atoms with Gasteiger partial charge in [-0.3, -0.25) is 4.79 Å². The quantitative estimate of drug-likeness (QED) is 0.731. The van der Waals surface area contributed by atoms with Crippen molar-refractivity contribution in [3.05, 3.63) is 0 Å². The molecule has 18 heavy (non-hydrogen) atoms. The third kappa shape index (κ3) is 2.51. The van der Waals surface area contributed by atoms with Crippen molar-refractivity contribution in [2.24, 2.45) is 5.92 Å². The van der Waals surface area contributed by atoms with Crippen molar-refractivity contribution in [2.75, 3.05) is 20.2 Å². The normalized spacial score (nSPS) is 32.3. The lowest BCUT2D eigenvalue weighted by Gasteiger charge is -2.33. The van der Waals surface area contributed by atoms with Crippen LogP contribution in [0.3, 0.4) is 0 Å². The van der Waals surface area contributed by atoms with E-state index in [1.54, 1.807) is 4.90 Å². The fourth-order valence-corrected chi connectivity index (χ4v) is 3.01. The summed E-state index contributed by atoms with van der Waals surface area (Å²) < 4.78 is 4.78. The Morgan fingerprint density at radius 3 is 2.72 bits per heavy atom. The van der Waals surface area contributed by atoms with Gasteiger partial charge >= 0.3 is 5.97 Å². The van der Waals surface area contributed by atoms with Gasteiger partial charge in [-0.2, -0.15) is 0 Å². The van der Waals surface area contributed by atoms with Crippen LogP contribution in [0.15, 0.2) is 0 Å². The Morgan fingerprint density at radius 2 is 2.06 bits per heavy atom. The second-order valence-corrected chi connectivity index (χ2v) is 5.20. The Labute approximate surface area is 108 Å². The Morgan fingerprint density at radius 1 is 1.28 bits per heavy atom. The molecule has 0 saturated carbocycles. The predicted octanol–water partition coefficient (Wildman–Crippen LogP) is 0.539. The van der Waals surface area contributed by atoms with E-state index in [2.05, 4.69) is 5.32 Å². The van der Waals surface area contributed by atoms with Gasteiger partial charge in [0.15, 0.2) is 0 Å². The van der Waals surface area contributed by atoms with Gasteiger partial charge in [-0.1, -0.05) is 0 Å². The second-order valence-electron chi connectivity index (χ2n) is 5.20. The molecule has 0 spiro atoms. The number of ether oxygens (including phenoxy) is 1. The molecule has 5 nitrogen and oxygen atoms in total. The van der Waals surface area contributed by atoms with E-state index >= 15 is 0 Å². The zero-order valence-electron chi connectivity index (χ0n) is 11.1. The summed E-state index contributed by atoms with van der Waals surface area (Å²) in [7, 11) is 1.38. The van der Waals surface area contributed by atoms with E-state index in [4.69, 9.17) is 4.74 Å². The number of nitrogens with one attached hydrogen (secondary N) is 1. The number of esters is 1. The van der Waals surface area contributed by atoms with Crippen LogP contribution in [0.25, 0.3) is 0 Å². The van der Waals surface area contributed by atoms with Crippen LogP contribution in [0.5, 0.6) is 0 Å². The van der Waals surface area contributed by atoms with Gasteiger partial charge in [0, 0.05) is 12.6 Å². The zero-order valence-corrected chi connectivity index (χ0v) is 11.1. The standard InChI is InChI=1S/C13H22N2O3/c1-9-10(5-3-7-14-9)12(16)15-8-4-6-11(15)13(17)18-2/h9-11,14H,3-8H2,1-2H3/t9-,10+,11-/m0/s1. The number of hydrogen-bond acceptors (Lipinski definition) is 4. The number of methoxy groups -OCH3 is 1. The van der Waals surface area contributed by atoms with Gasteiger partial charge in [0.1, 0.15) is 6.04 Å². The van der Waals surface area contributed by atoms with E-state index in [1.165, 1.54) is 7.11 Å². The third-order valence-electron chi connectivity index (χ3n) is 4.09. The second kappa shape index (κ2) is 5.69. The van der Waals surface area contributed by atoms with E-state index in [1.807, 2.05) is 6.92 Å². The van der Waals surface area contributed by atoms with E-state index in [0.29, 0.717) is 6.54 Å². The van der Waals surface area contributed by atoms with Crippen molar-refractivity contribution in [2.45, 2.75) is 44.7 Å². The summed E-state index contributed by atoms with van der Waals surface area (Å²) in [6.45, 7) is 3.71. The molecule has 102 valence electrons. The molecule has 0 bridgehead atoms. The molecular formula is C13H22N2O3. The molecule has 0 aromatic heterocycles. The van der Waals surface area contributed by atoms with E-state index in [9.17, 15) is 9.59 Å². The van der Waals surface area contributed by atoms with Gasteiger partial charge in [0.05, 0.1) is 13.0 Å². The highest BCUT2D eigenvalue weighted by Crippen LogP contribution is 2.25. The van der Waals surface area contributed by atoms with Gasteiger partial charge in [0.25, 0.3) is 0 Å². The maximum atomic E-state index is 12.5. The number of rotatable bonds is 2. The summed E-state index contributed by atoms with van der Waals surface area (Å²) in [4.78, 5) is 25.9. The topological polar surface area (TPSA) is 58.6 Å². The molecule has 1 amide bonds. The molecule has 2 aliphatic rings. The molecule has 0 aliphatic carbocycles. The number of likely N-dealkylation sites (tertiary alicyclic amines) is 1. The molecule has 0 radical (unpaired) electrons. The first-order chi connectivity index (χ1) is 8.65. The summed E-state index contributed by atoms with van der Waals surface area (Å²) in [5, 5.41) is 3.33. The van der Waals surface area contributed by atoms with Gasteiger partial charge in [-0.15, -0.1) is 0 Å². The molecule has 1 N–H and O–H groups in total. The number of piperidine rings is 1. The maximum Gasteiger partial charge on any atom is 0.328 e.